The molecule has 1 saturated heterocycles. The van der Waals surface area contributed by atoms with E-state index in [1.807, 2.05) is 24.6 Å². The molecule has 0 bridgehead atoms. The topological polar surface area (TPSA) is 78.5 Å². The molecule has 2 heterocycles. The second-order valence-corrected chi connectivity index (χ2v) is 5.89. The lowest BCUT2D eigenvalue weighted by atomic mass is 9.91. The molecule has 0 aromatic carbocycles. The molecule has 0 aliphatic carbocycles. The lowest BCUT2D eigenvalue weighted by Crippen LogP contribution is -2.40. The van der Waals surface area contributed by atoms with E-state index in [0.717, 1.165) is 43.7 Å². The summed E-state index contributed by atoms with van der Waals surface area (Å²) in [7, 11) is 3.20. The van der Waals surface area contributed by atoms with Crippen molar-refractivity contribution >= 4 is 5.97 Å². The van der Waals surface area contributed by atoms with Gasteiger partial charge in [0.15, 0.2) is 6.10 Å². The molecule has 1 aromatic heterocycles. The summed E-state index contributed by atoms with van der Waals surface area (Å²) in [6, 6.07) is 4.13. The van der Waals surface area contributed by atoms with Crippen LogP contribution in [0.5, 0.6) is 0 Å². The number of rotatable bonds is 4. The molecule has 1 atom stereocenters. The van der Waals surface area contributed by atoms with Gasteiger partial charge in [-0.25, -0.2) is 4.79 Å². The van der Waals surface area contributed by atoms with Crippen LogP contribution in [0, 0.1) is 24.2 Å². The SMILES string of the molecule is COC(=O)C(O)C1CCN(Cc2cc(C#N)n(C)c2C)CC1. The van der Waals surface area contributed by atoms with Crippen molar-refractivity contribution in [2.75, 3.05) is 20.2 Å². The summed E-state index contributed by atoms with van der Waals surface area (Å²) in [6.45, 7) is 4.47. The zero-order valence-electron chi connectivity index (χ0n) is 13.4. The Morgan fingerprint density at radius 1 is 1.55 bits per heavy atom. The summed E-state index contributed by atoms with van der Waals surface area (Å²) in [5, 5.41) is 19.0. The van der Waals surface area contributed by atoms with Gasteiger partial charge in [0.1, 0.15) is 11.8 Å². The monoisotopic (exact) mass is 305 g/mol. The van der Waals surface area contributed by atoms with E-state index in [-0.39, 0.29) is 5.92 Å². The standard InChI is InChI=1S/C16H23N3O3/c1-11-13(8-14(9-17)18(11)2)10-19-6-4-12(5-7-19)15(20)16(21)22-3/h8,12,15,20H,4-7,10H2,1-3H3. The van der Waals surface area contributed by atoms with Gasteiger partial charge >= 0.3 is 5.97 Å². The normalized spacial score (nSPS) is 18.0. The molecule has 1 aliphatic rings. The zero-order chi connectivity index (χ0) is 16.3. The highest BCUT2D eigenvalue weighted by molar-refractivity contribution is 5.74. The Morgan fingerprint density at radius 2 is 2.18 bits per heavy atom. The van der Waals surface area contributed by atoms with Crippen LogP contribution in [0.25, 0.3) is 0 Å². The number of aliphatic hydroxyl groups is 1. The first-order valence-corrected chi connectivity index (χ1v) is 7.51. The van der Waals surface area contributed by atoms with Crippen LogP contribution in [0.15, 0.2) is 6.07 Å². The van der Waals surface area contributed by atoms with E-state index in [4.69, 9.17) is 5.26 Å². The summed E-state index contributed by atoms with van der Waals surface area (Å²) in [4.78, 5) is 13.7. The summed E-state index contributed by atoms with van der Waals surface area (Å²) < 4.78 is 6.50. The third-order valence-corrected chi connectivity index (χ3v) is 4.67. The van der Waals surface area contributed by atoms with Crippen LogP contribution in [0.3, 0.4) is 0 Å². The lowest BCUT2D eigenvalue weighted by Gasteiger charge is -2.33. The van der Waals surface area contributed by atoms with Crippen LogP contribution in [0.2, 0.25) is 0 Å². The van der Waals surface area contributed by atoms with Crippen LogP contribution in [-0.2, 0) is 23.1 Å². The molecule has 0 amide bonds. The molecule has 6 nitrogen and oxygen atoms in total. The summed E-state index contributed by atoms with van der Waals surface area (Å²) >= 11 is 0. The maximum Gasteiger partial charge on any atom is 0.334 e. The number of esters is 1. The number of nitriles is 1. The molecule has 6 heteroatoms. The van der Waals surface area contributed by atoms with Gasteiger partial charge < -0.3 is 14.4 Å². The third kappa shape index (κ3) is 3.32. The first-order chi connectivity index (χ1) is 10.5. The first-order valence-electron chi connectivity index (χ1n) is 7.51. The average molecular weight is 305 g/mol. The molecule has 1 aromatic rings. The number of carbonyl (C=O) groups is 1. The second-order valence-electron chi connectivity index (χ2n) is 5.89. The number of carbonyl (C=O) groups excluding carboxylic acids is 1. The van der Waals surface area contributed by atoms with Crippen molar-refractivity contribution in [2.45, 2.75) is 32.4 Å². The van der Waals surface area contributed by atoms with E-state index in [1.165, 1.54) is 7.11 Å². The summed E-state index contributed by atoms with van der Waals surface area (Å²) in [6.07, 6.45) is 0.524. The van der Waals surface area contributed by atoms with Gasteiger partial charge in [-0.2, -0.15) is 5.26 Å². The van der Waals surface area contributed by atoms with Crippen LogP contribution >= 0.6 is 0 Å². The molecule has 1 aliphatic heterocycles. The van der Waals surface area contributed by atoms with Crippen LogP contribution < -0.4 is 0 Å². The third-order valence-electron chi connectivity index (χ3n) is 4.67. The number of methoxy groups -OCH3 is 1. The number of likely N-dealkylation sites (tertiary alicyclic amines) is 1. The minimum Gasteiger partial charge on any atom is -0.467 e. The molecule has 120 valence electrons. The molecule has 1 N–H and O–H groups in total. The number of aliphatic hydroxyl groups excluding tert-OH is 1. The molecule has 0 saturated carbocycles. The molecule has 2 rings (SSSR count). The Balaban J connectivity index is 1.93. The second kappa shape index (κ2) is 6.95. The molecular weight excluding hydrogens is 282 g/mol. The predicted octanol–water partition coefficient (Wildman–Crippen LogP) is 0.951. The Labute approximate surface area is 130 Å². The quantitative estimate of drug-likeness (QED) is 0.838. The minimum absolute atomic E-state index is 0.0322. The first kappa shape index (κ1) is 16.5. The predicted molar refractivity (Wildman–Crippen MR) is 80.9 cm³/mol. The van der Waals surface area contributed by atoms with Gasteiger partial charge in [-0.05, 0) is 50.4 Å². The van der Waals surface area contributed by atoms with Gasteiger partial charge in [-0.15, -0.1) is 0 Å². The highest BCUT2D eigenvalue weighted by atomic mass is 16.5. The van der Waals surface area contributed by atoms with Gasteiger partial charge in [0.25, 0.3) is 0 Å². The fraction of sp³-hybridized carbons (Fsp3) is 0.625. The van der Waals surface area contributed by atoms with Crippen LogP contribution in [0.4, 0.5) is 0 Å². The van der Waals surface area contributed by atoms with Crippen molar-refractivity contribution in [2.24, 2.45) is 13.0 Å². The van der Waals surface area contributed by atoms with Crippen molar-refractivity contribution in [1.82, 2.24) is 9.47 Å². The van der Waals surface area contributed by atoms with Gasteiger partial charge in [-0.1, -0.05) is 0 Å². The Morgan fingerprint density at radius 3 is 2.68 bits per heavy atom. The average Bonchev–Trinajstić information content (AvgIpc) is 2.82. The van der Waals surface area contributed by atoms with Gasteiger partial charge in [-0.3, -0.25) is 4.90 Å². The molecular formula is C16H23N3O3. The highest BCUT2D eigenvalue weighted by Crippen LogP contribution is 2.24. The fourth-order valence-corrected chi connectivity index (χ4v) is 3.01. The Hall–Kier alpha value is -1.84. The zero-order valence-corrected chi connectivity index (χ0v) is 13.4. The summed E-state index contributed by atoms with van der Waals surface area (Å²) in [5.41, 5.74) is 2.93. The van der Waals surface area contributed by atoms with Crippen LogP contribution in [0.1, 0.15) is 29.8 Å². The van der Waals surface area contributed by atoms with Crippen molar-refractivity contribution < 1.29 is 14.6 Å². The minimum atomic E-state index is -1.02. The fourth-order valence-electron chi connectivity index (χ4n) is 3.01. The van der Waals surface area contributed by atoms with E-state index in [9.17, 15) is 9.90 Å². The molecule has 1 fully saturated rings. The summed E-state index contributed by atoms with van der Waals surface area (Å²) in [5.74, 6) is -0.578. The van der Waals surface area contributed by atoms with E-state index in [1.54, 1.807) is 0 Å². The smallest absolute Gasteiger partial charge is 0.334 e. The van der Waals surface area contributed by atoms with Crippen molar-refractivity contribution in [1.29, 1.82) is 5.26 Å². The molecule has 22 heavy (non-hydrogen) atoms. The van der Waals surface area contributed by atoms with Crippen molar-refractivity contribution in [3.63, 3.8) is 0 Å². The largest absolute Gasteiger partial charge is 0.467 e. The van der Waals surface area contributed by atoms with E-state index in [2.05, 4.69) is 15.7 Å². The maximum absolute atomic E-state index is 11.4. The van der Waals surface area contributed by atoms with Crippen LogP contribution in [-0.4, -0.2) is 46.8 Å². The number of piperidine rings is 1. The maximum atomic E-state index is 11.4. The van der Waals surface area contributed by atoms with Gasteiger partial charge in [0.2, 0.25) is 0 Å². The number of aromatic nitrogens is 1. The van der Waals surface area contributed by atoms with Gasteiger partial charge in [0, 0.05) is 19.3 Å². The molecule has 0 radical (unpaired) electrons. The Bertz CT molecular complexity index is 580. The van der Waals surface area contributed by atoms with Crippen molar-refractivity contribution in [3.05, 3.63) is 23.0 Å². The van der Waals surface area contributed by atoms with E-state index >= 15 is 0 Å². The van der Waals surface area contributed by atoms with E-state index in [0.29, 0.717) is 5.69 Å². The highest BCUT2D eigenvalue weighted by Gasteiger charge is 2.30. The molecule has 1 unspecified atom stereocenters. The number of hydrogen-bond acceptors (Lipinski definition) is 5. The lowest BCUT2D eigenvalue weighted by molar-refractivity contribution is -0.154. The number of nitrogens with zero attached hydrogens (tertiary/aromatic N) is 3. The van der Waals surface area contributed by atoms with E-state index < -0.39 is 12.1 Å². The van der Waals surface area contributed by atoms with Gasteiger partial charge in [0.05, 0.1) is 7.11 Å². The number of ether oxygens (including phenoxy) is 1. The van der Waals surface area contributed by atoms with Crippen molar-refractivity contribution in [3.8, 4) is 6.07 Å². The number of hydrogen-bond donors (Lipinski definition) is 1. The Kier molecular flexibility index (Phi) is 5.22. The molecule has 0 spiro atoms.